The molecule has 1 N–H and O–H groups in total. The number of carbonyl (C=O) groups is 1. The van der Waals surface area contributed by atoms with E-state index in [1.165, 1.54) is 11.8 Å². The van der Waals surface area contributed by atoms with Gasteiger partial charge >= 0.3 is 0 Å². The van der Waals surface area contributed by atoms with Gasteiger partial charge in [-0.2, -0.15) is 0 Å². The Labute approximate surface area is 171 Å². The lowest BCUT2D eigenvalue weighted by molar-refractivity contribution is -0.113. The van der Waals surface area contributed by atoms with E-state index in [0.29, 0.717) is 21.8 Å². The Morgan fingerprint density at radius 2 is 1.90 bits per heavy atom. The molecule has 0 spiro atoms. The molecule has 0 bridgehead atoms. The van der Waals surface area contributed by atoms with Gasteiger partial charge in [-0.15, -0.1) is 0 Å². The molecule has 7 heteroatoms. The van der Waals surface area contributed by atoms with Crippen LogP contribution in [0.15, 0.2) is 81.3 Å². The Bertz CT molecular complexity index is 1200. The number of hydrogen-bond acceptors (Lipinski definition) is 5. The molecule has 2 aromatic carbocycles. The summed E-state index contributed by atoms with van der Waals surface area (Å²) in [6.07, 6.45) is 1.57. The number of aromatic nitrogens is 2. The Morgan fingerprint density at radius 3 is 2.66 bits per heavy atom. The highest BCUT2D eigenvalue weighted by Crippen LogP contribution is 2.20. The van der Waals surface area contributed by atoms with Crippen molar-refractivity contribution in [1.82, 2.24) is 9.55 Å². The minimum Gasteiger partial charge on any atom is -0.467 e. The summed E-state index contributed by atoms with van der Waals surface area (Å²) in [5, 5.41) is 3.87. The van der Waals surface area contributed by atoms with Crippen molar-refractivity contribution in [3.63, 3.8) is 0 Å². The molecule has 0 saturated carbocycles. The van der Waals surface area contributed by atoms with Crippen LogP contribution in [0.4, 0.5) is 5.69 Å². The molecule has 29 heavy (non-hydrogen) atoms. The number of rotatable bonds is 6. The van der Waals surface area contributed by atoms with Crippen LogP contribution < -0.4 is 10.9 Å². The lowest BCUT2D eigenvalue weighted by Crippen LogP contribution is -2.24. The van der Waals surface area contributed by atoms with Crippen molar-refractivity contribution in [3.05, 3.63) is 88.6 Å². The average molecular weight is 405 g/mol. The van der Waals surface area contributed by atoms with E-state index in [1.54, 1.807) is 35.1 Å². The van der Waals surface area contributed by atoms with E-state index in [4.69, 9.17) is 4.42 Å². The van der Waals surface area contributed by atoms with Crippen molar-refractivity contribution in [2.75, 3.05) is 11.1 Å². The first-order valence-corrected chi connectivity index (χ1v) is 10.1. The summed E-state index contributed by atoms with van der Waals surface area (Å²) in [7, 11) is 0. The van der Waals surface area contributed by atoms with Crippen molar-refractivity contribution in [2.45, 2.75) is 18.6 Å². The van der Waals surface area contributed by atoms with E-state index in [9.17, 15) is 9.59 Å². The van der Waals surface area contributed by atoms with Gasteiger partial charge in [-0.25, -0.2) is 4.98 Å². The maximum atomic E-state index is 13.0. The van der Waals surface area contributed by atoms with E-state index >= 15 is 0 Å². The SMILES string of the molecule is Cc1ccc(NC(=O)CSc2nc3ccccc3c(=O)n2Cc2ccco2)cc1. The molecule has 0 aliphatic rings. The van der Waals surface area contributed by atoms with Gasteiger partial charge in [0.2, 0.25) is 5.91 Å². The number of anilines is 1. The Balaban J connectivity index is 1.58. The molecule has 0 fully saturated rings. The van der Waals surface area contributed by atoms with Crippen LogP contribution in [0.3, 0.4) is 0 Å². The molecular formula is C22H19N3O3S. The second-order valence-corrected chi connectivity index (χ2v) is 7.53. The Morgan fingerprint density at radius 1 is 1.10 bits per heavy atom. The number of thioether (sulfide) groups is 1. The lowest BCUT2D eigenvalue weighted by Gasteiger charge is -2.12. The number of aryl methyl sites for hydroxylation is 1. The summed E-state index contributed by atoms with van der Waals surface area (Å²) in [4.78, 5) is 30.0. The lowest BCUT2D eigenvalue weighted by atomic mass is 10.2. The van der Waals surface area contributed by atoms with Gasteiger partial charge < -0.3 is 9.73 Å². The van der Waals surface area contributed by atoms with E-state index < -0.39 is 0 Å². The highest BCUT2D eigenvalue weighted by molar-refractivity contribution is 7.99. The monoisotopic (exact) mass is 405 g/mol. The number of hydrogen-bond donors (Lipinski definition) is 1. The second kappa shape index (κ2) is 8.36. The predicted octanol–water partition coefficient (Wildman–Crippen LogP) is 4.08. The molecule has 6 nitrogen and oxygen atoms in total. The molecule has 0 unspecified atom stereocenters. The number of carbonyl (C=O) groups excluding carboxylic acids is 1. The molecule has 0 aliphatic carbocycles. The first-order valence-electron chi connectivity index (χ1n) is 9.11. The van der Waals surface area contributed by atoms with Crippen LogP contribution in [0, 0.1) is 6.92 Å². The largest absolute Gasteiger partial charge is 0.467 e. The first kappa shape index (κ1) is 19.0. The van der Waals surface area contributed by atoms with Crippen LogP contribution >= 0.6 is 11.8 Å². The third kappa shape index (κ3) is 4.41. The molecule has 146 valence electrons. The smallest absolute Gasteiger partial charge is 0.262 e. The van der Waals surface area contributed by atoms with E-state index in [0.717, 1.165) is 11.3 Å². The van der Waals surface area contributed by atoms with Gasteiger partial charge in [0.15, 0.2) is 5.16 Å². The molecule has 2 aromatic heterocycles. The number of benzene rings is 2. The van der Waals surface area contributed by atoms with Gasteiger partial charge in [-0.1, -0.05) is 41.6 Å². The topological polar surface area (TPSA) is 77.1 Å². The highest BCUT2D eigenvalue weighted by Gasteiger charge is 2.14. The maximum Gasteiger partial charge on any atom is 0.262 e. The zero-order chi connectivity index (χ0) is 20.2. The molecule has 1 amide bonds. The summed E-state index contributed by atoms with van der Waals surface area (Å²) in [6, 6.07) is 18.4. The van der Waals surface area contributed by atoms with Gasteiger partial charge in [0.05, 0.1) is 29.5 Å². The number of nitrogens with zero attached hydrogens (tertiary/aromatic N) is 2. The molecule has 0 aliphatic heterocycles. The van der Waals surface area contributed by atoms with E-state index in [1.807, 2.05) is 43.3 Å². The van der Waals surface area contributed by atoms with E-state index in [2.05, 4.69) is 10.3 Å². The third-order valence-electron chi connectivity index (χ3n) is 4.39. The van der Waals surface area contributed by atoms with Gasteiger partial charge in [0, 0.05) is 5.69 Å². The fourth-order valence-electron chi connectivity index (χ4n) is 2.92. The standard InChI is InChI=1S/C22H19N3O3S/c1-15-8-10-16(11-9-15)23-20(26)14-29-22-24-19-7-3-2-6-18(19)21(27)25(22)13-17-5-4-12-28-17/h2-12H,13-14H2,1H3,(H,23,26). The molecule has 4 rings (SSSR count). The quantitative estimate of drug-likeness (QED) is 0.386. The van der Waals surface area contributed by atoms with Crippen molar-refractivity contribution >= 4 is 34.3 Å². The zero-order valence-corrected chi connectivity index (χ0v) is 16.6. The van der Waals surface area contributed by atoms with Crippen LogP contribution in [0.5, 0.6) is 0 Å². The zero-order valence-electron chi connectivity index (χ0n) is 15.8. The summed E-state index contributed by atoms with van der Waals surface area (Å²) >= 11 is 1.23. The molecule has 0 radical (unpaired) electrons. The Hall–Kier alpha value is -3.32. The maximum absolute atomic E-state index is 13.0. The number of nitrogens with one attached hydrogen (secondary N) is 1. The summed E-state index contributed by atoms with van der Waals surface area (Å²) in [5.41, 5.74) is 2.31. The molecule has 0 atom stereocenters. The van der Waals surface area contributed by atoms with Crippen molar-refractivity contribution in [3.8, 4) is 0 Å². The van der Waals surface area contributed by atoms with Crippen LogP contribution in [0.1, 0.15) is 11.3 Å². The minimum atomic E-state index is -0.161. The highest BCUT2D eigenvalue weighted by atomic mass is 32.2. The van der Waals surface area contributed by atoms with Gasteiger partial charge in [0.25, 0.3) is 5.56 Å². The first-order chi connectivity index (χ1) is 14.1. The minimum absolute atomic E-state index is 0.136. The summed E-state index contributed by atoms with van der Waals surface area (Å²) in [5.74, 6) is 0.623. The van der Waals surface area contributed by atoms with Crippen LogP contribution in [-0.2, 0) is 11.3 Å². The van der Waals surface area contributed by atoms with Crippen LogP contribution in [0.2, 0.25) is 0 Å². The number of para-hydroxylation sites is 1. The number of furan rings is 1. The van der Waals surface area contributed by atoms with Crippen molar-refractivity contribution in [2.24, 2.45) is 0 Å². The Kier molecular flexibility index (Phi) is 5.48. The summed E-state index contributed by atoms with van der Waals surface area (Å²) in [6.45, 7) is 2.25. The molecule has 4 aromatic rings. The molecular weight excluding hydrogens is 386 g/mol. The second-order valence-electron chi connectivity index (χ2n) is 6.59. The molecule has 0 saturated heterocycles. The fraction of sp³-hybridized carbons (Fsp3) is 0.136. The van der Waals surface area contributed by atoms with Crippen LogP contribution in [-0.4, -0.2) is 21.2 Å². The van der Waals surface area contributed by atoms with Crippen molar-refractivity contribution in [1.29, 1.82) is 0 Å². The average Bonchev–Trinajstić information content (AvgIpc) is 3.24. The van der Waals surface area contributed by atoms with Crippen LogP contribution in [0.25, 0.3) is 10.9 Å². The van der Waals surface area contributed by atoms with Gasteiger partial charge in [0.1, 0.15) is 5.76 Å². The van der Waals surface area contributed by atoms with Crippen molar-refractivity contribution < 1.29 is 9.21 Å². The molecule has 2 heterocycles. The predicted molar refractivity (Wildman–Crippen MR) is 114 cm³/mol. The van der Waals surface area contributed by atoms with E-state index in [-0.39, 0.29) is 23.8 Å². The fourth-order valence-corrected chi connectivity index (χ4v) is 3.72. The van der Waals surface area contributed by atoms with Gasteiger partial charge in [-0.3, -0.25) is 14.2 Å². The van der Waals surface area contributed by atoms with Gasteiger partial charge in [-0.05, 0) is 43.3 Å². The number of amides is 1. The number of fused-ring (bicyclic) bond motifs is 1. The summed E-state index contributed by atoms with van der Waals surface area (Å²) < 4.78 is 6.94. The normalized spacial score (nSPS) is 10.9. The third-order valence-corrected chi connectivity index (χ3v) is 5.36.